The summed E-state index contributed by atoms with van der Waals surface area (Å²) in [4.78, 5) is 17.5. The van der Waals surface area contributed by atoms with Gasteiger partial charge in [-0.2, -0.15) is 13.2 Å². The summed E-state index contributed by atoms with van der Waals surface area (Å²) in [6.07, 6.45) is 10.4. The second-order valence-corrected chi connectivity index (χ2v) is 11.5. The summed E-state index contributed by atoms with van der Waals surface area (Å²) in [5.74, 6) is 0.898. The van der Waals surface area contributed by atoms with Gasteiger partial charge in [0, 0.05) is 49.5 Å². The highest BCUT2D eigenvalue weighted by atomic mass is 19.4. The predicted molar refractivity (Wildman–Crippen MR) is 190 cm³/mol. The van der Waals surface area contributed by atoms with Gasteiger partial charge in [0.25, 0.3) is 0 Å². The molecule has 258 valence electrons. The number of H-pyrrole nitrogens is 1. The van der Waals surface area contributed by atoms with Crippen LogP contribution < -0.4 is 4.90 Å². The highest BCUT2D eigenvalue weighted by molar-refractivity contribution is 5.82. The topological polar surface area (TPSA) is 86.1 Å². The fraction of sp³-hybridized carbons (Fsp3) is 0.528. The van der Waals surface area contributed by atoms with Crippen molar-refractivity contribution >= 4 is 29.7 Å². The fourth-order valence-electron chi connectivity index (χ4n) is 4.20. The Balaban J connectivity index is 0.000000840. The number of aliphatic imine (C=N–C) groups is 2. The molecule has 7 nitrogen and oxygen atoms in total. The van der Waals surface area contributed by atoms with Crippen molar-refractivity contribution in [2.24, 2.45) is 21.3 Å². The third-order valence-electron chi connectivity index (χ3n) is 7.01. The summed E-state index contributed by atoms with van der Waals surface area (Å²) in [5, 5.41) is 10.4. The summed E-state index contributed by atoms with van der Waals surface area (Å²) in [6.45, 7) is 22.5. The number of aromatic nitrogens is 2. The first-order valence-corrected chi connectivity index (χ1v) is 15.7. The summed E-state index contributed by atoms with van der Waals surface area (Å²) < 4.78 is 43.3. The average Bonchev–Trinajstić information content (AvgIpc) is 3.41. The molecule has 2 rings (SSSR count). The minimum Gasteiger partial charge on any atom is -0.504 e. The molecule has 0 amide bonds. The quantitative estimate of drug-likeness (QED) is 0.129. The van der Waals surface area contributed by atoms with Crippen molar-refractivity contribution in [1.29, 1.82) is 0 Å². The van der Waals surface area contributed by atoms with Gasteiger partial charge in [0.15, 0.2) is 5.60 Å². The lowest BCUT2D eigenvalue weighted by Crippen LogP contribution is -2.42. The van der Waals surface area contributed by atoms with Gasteiger partial charge >= 0.3 is 6.18 Å². The van der Waals surface area contributed by atoms with E-state index in [1.165, 1.54) is 0 Å². The van der Waals surface area contributed by atoms with Crippen LogP contribution in [0.5, 0.6) is 0 Å². The number of hydrogen-bond acceptors (Lipinski definition) is 6. The number of hydrogen-bond donors (Lipinski definition) is 2. The summed E-state index contributed by atoms with van der Waals surface area (Å²) in [7, 11) is 3.44. The van der Waals surface area contributed by atoms with Gasteiger partial charge in [-0.05, 0) is 75.9 Å². The van der Waals surface area contributed by atoms with Gasteiger partial charge in [-0.3, -0.25) is 9.98 Å². The number of anilines is 1. The van der Waals surface area contributed by atoms with E-state index in [0.717, 1.165) is 47.9 Å². The van der Waals surface area contributed by atoms with Crippen molar-refractivity contribution in [3.05, 3.63) is 71.9 Å². The first-order valence-electron chi connectivity index (χ1n) is 15.7. The second kappa shape index (κ2) is 20.5. The Morgan fingerprint density at radius 3 is 2.26 bits per heavy atom. The Labute approximate surface area is 274 Å². The van der Waals surface area contributed by atoms with E-state index in [9.17, 15) is 18.3 Å². The Morgan fingerprint density at radius 1 is 1.15 bits per heavy atom. The van der Waals surface area contributed by atoms with Crippen molar-refractivity contribution in [2.45, 2.75) is 86.9 Å². The maximum atomic E-state index is 12.7. The number of alkyl halides is 3. The van der Waals surface area contributed by atoms with Crippen LogP contribution in [0.2, 0.25) is 0 Å². The zero-order valence-corrected chi connectivity index (χ0v) is 29.7. The second-order valence-electron chi connectivity index (χ2n) is 11.5. The number of halogens is 3. The SMILES string of the molecule is C=NC=CC(C=NC)C(/C=C\C)=C/C(=C/OC)C(C)(C)C.CC.CCN(CC)c1cc2cc(CCC(C)(O)C(F)(F)F)[nH]c2cn1. The van der Waals surface area contributed by atoms with Crippen molar-refractivity contribution in [3.8, 4) is 0 Å². The van der Waals surface area contributed by atoms with Crippen LogP contribution in [0.25, 0.3) is 10.9 Å². The summed E-state index contributed by atoms with van der Waals surface area (Å²) in [6, 6.07) is 3.74. The Morgan fingerprint density at radius 2 is 1.78 bits per heavy atom. The number of allylic oxidation sites excluding steroid dienone is 6. The normalized spacial score (nSPS) is 14.9. The van der Waals surface area contributed by atoms with Crippen LogP contribution in [0.15, 0.2) is 76.2 Å². The van der Waals surface area contributed by atoms with E-state index in [2.05, 4.69) is 64.5 Å². The number of aryl methyl sites for hydroxylation is 1. The monoisotopic (exact) mass is 647 g/mol. The fourth-order valence-corrected chi connectivity index (χ4v) is 4.20. The molecule has 10 heteroatoms. The lowest BCUT2D eigenvalue weighted by Gasteiger charge is -2.25. The largest absolute Gasteiger partial charge is 0.504 e. The highest BCUT2D eigenvalue weighted by Crippen LogP contribution is 2.34. The van der Waals surface area contributed by atoms with E-state index in [1.54, 1.807) is 32.8 Å². The molecule has 2 N–H and O–H groups in total. The van der Waals surface area contributed by atoms with Gasteiger partial charge in [0.1, 0.15) is 5.82 Å². The number of methoxy groups -OCH3 is 1. The third-order valence-corrected chi connectivity index (χ3v) is 7.01. The molecular formula is C36H56F3N5O2. The lowest BCUT2D eigenvalue weighted by molar-refractivity contribution is -0.254. The molecule has 2 heterocycles. The third kappa shape index (κ3) is 13.8. The minimum absolute atomic E-state index is 0.00283. The number of nitrogens with one attached hydrogen (secondary N) is 1. The van der Waals surface area contributed by atoms with Crippen molar-refractivity contribution in [3.63, 3.8) is 0 Å². The molecule has 2 atom stereocenters. The molecule has 0 saturated carbocycles. The van der Waals surface area contributed by atoms with Crippen LogP contribution in [0.3, 0.4) is 0 Å². The molecule has 0 fully saturated rings. The first-order chi connectivity index (χ1) is 21.6. The maximum absolute atomic E-state index is 12.7. The van der Waals surface area contributed by atoms with E-state index in [1.807, 2.05) is 65.1 Å². The number of ether oxygens (including phenoxy) is 1. The Bertz CT molecular complexity index is 1330. The van der Waals surface area contributed by atoms with E-state index >= 15 is 0 Å². The Hall–Kier alpha value is -3.66. The Kier molecular flexibility index (Phi) is 18.8. The smallest absolute Gasteiger partial charge is 0.416 e. The number of pyridine rings is 1. The molecule has 2 aromatic rings. The van der Waals surface area contributed by atoms with Gasteiger partial charge in [-0.25, -0.2) is 4.98 Å². The molecule has 46 heavy (non-hydrogen) atoms. The molecule has 0 spiro atoms. The maximum Gasteiger partial charge on any atom is 0.416 e. The van der Waals surface area contributed by atoms with E-state index in [4.69, 9.17) is 4.74 Å². The molecule has 0 saturated heterocycles. The molecule has 0 bridgehead atoms. The molecule has 2 unspecified atom stereocenters. The zero-order valence-electron chi connectivity index (χ0n) is 29.7. The highest BCUT2D eigenvalue weighted by Gasteiger charge is 2.49. The van der Waals surface area contributed by atoms with Crippen molar-refractivity contribution < 1.29 is 23.0 Å². The minimum atomic E-state index is -4.63. The van der Waals surface area contributed by atoms with E-state index in [0.29, 0.717) is 5.69 Å². The van der Waals surface area contributed by atoms with Crippen LogP contribution >= 0.6 is 0 Å². The first kappa shape index (κ1) is 42.3. The molecule has 2 aromatic heterocycles. The zero-order chi connectivity index (χ0) is 35.6. The van der Waals surface area contributed by atoms with Crippen LogP contribution in [0.1, 0.15) is 74.4 Å². The van der Waals surface area contributed by atoms with E-state index in [-0.39, 0.29) is 24.2 Å². The van der Waals surface area contributed by atoms with Crippen LogP contribution in [0.4, 0.5) is 19.0 Å². The predicted octanol–water partition coefficient (Wildman–Crippen LogP) is 9.28. The molecule has 0 aliphatic carbocycles. The van der Waals surface area contributed by atoms with Crippen molar-refractivity contribution in [1.82, 2.24) is 9.97 Å². The average molecular weight is 648 g/mol. The van der Waals surface area contributed by atoms with E-state index < -0.39 is 11.8 Å². The number of aliphatic hydroxyl groups is 1. The number of fused-ring (bicyclic) bond motifs is 1. The molecule has 0 aromatic carbocycles. The van der Waals surface area contributed by atoms with Crippen LogP contribution in [-0.4, -0.2) is 67.0 Å². The molecule has 0 aliphatic heterocycles. The standard InChI is InChI=1S/C18H28N2O.C16H22F3N3O.C2H6/c1-8-9-15(16(13-20-6)10-11-19-5)12-17(14-21-7)18(2,3)4;1-4-22(5-2)14-9-11-8-12(21-13(11)10-20-14)6-7-15(3,23)16(17,18)19;1-2/h8-14,16H,5H2,1-4,6-7H3;8-10,21,23H,4-7H2,1-3H3;1-2H3/b9-8-,11-10?,15-12+,17-14-,20-13?;;. The molecule has 0 radical (unpaired) electrons. The molecule has 0 aliphatic rings. The summed E-state index contributed by atoms with van der Waals surface area (Å²) in [5.41, 5.74) is 0.992. The molecular weight excluding hydrogens is 591 g/mol. The number of rotatable bonds is 13. The summed E-state index contributed by atoms with van der Waals surface area (Å²) >= 11 is 0. The van der Waals surface area contributed by atoms with Gasteiger partial charge < -0.3 is 19.7 Å². The van der Waals surface area contributed by atoms with Crippen LogP contribution in [-0.2, 0) is 11.2 Å². The van der Waals surface area contributed by atoms with Crippen molar-refractivity contribution in [2.75, 3.05) is 32.1 Å². The van der Waals surface area contributed by atoms with Gasteiger partial charge in [-0.1, -0.05) is 58.9 Å². The number of nitrogens with zero attached hydrogens (tertiary/aromatic N) is 4. The van der Waals surface area contributed by atoms with Gasteiger partial charge in [0.2, 0.25) is 0 Å². The lowest BCUT2D eigenvalue weighted by atomic mass is 9.84. The number of aromatic amines is 1. The van der Waals surface area contributed by atoms with Gasteiger partial charge in [-0.15, -0.1) is 0 Å². The van der Waals surface area contributed by atoms with Gasteiger partial charge in [0.05, 0.1) is 25.1 Å². The van der Waals surface area contributed by atoms with Crippen LogP contribution in [0, 0.1) is 11.3 Å².